The van der Waals surface area contributed by atoms with Crippen molar-refractivity contribution in [1.82, 2.24) is 9.78 Å². The SMILES string of the molecule is CCc1c(C)nn([C@@H](C)C(N)=O)c1C. The zero-order chi connectivity index (χ0) is 10.9. The summed E-state index contributed by atoms with van der Waals surface area (Å²) in [5, 5.41) is 4.32. The number of primary amides is 1. The molecule has 0 aliphatic rings. The molecule has 4 heteroatoms. The number of hydrogen-bond donors (Lipinski definition) is 1. The van der Waals surface area contributed by atoms with Gasteiger partial charge in [-0.1, -0.05) is 6.92 Å². The Morgan fingerprint density at radius 1 is 1.57 bits per heavy atom. The third-order valence-corrected chi connectivity index (χ3v) is 2.61. The average Bonchev–Trinajstić information content (AvgIpc) is 2.40. The molecule has 0 unspecified atom stereocenters. The minimum Gasteiger partial charge on any atom is -0.368 e. The lowest BCUT2D eigenvalue weighted by atomic mass is 10.1. The van der Waals surface area contributed by atoms with Crippen molar-refractivity contribution in [1.29, 1.82) is 0 Å². The van der Waals surface area contributed by atoms with E-state index in [1.165, 1.54) is 5.56 Å². The molecule has 1 atom stereocenters. The molecule has 14 heavy (non-hydrogen) atoms. The van der Waals surface area contributed by atoms with Gasteiger partial charge in [-0.05, 0) is 32.8 Å². The molecule has 0 aliphatic carbocycles. The highest BCUT2D eigenvalue weighted by atomic mass is 16.1. The summed E-state index contributed by atoms with van der Waals surface area (Å²) in [7, 11) is 0. The topological polar surface area (TPSA) is 60.9 Å². The van der Waals surface area contributed by atoms with Crippen molar-refractivity contribution < 1.29 is 4.79 Å². The van der Waals surface area contributed by atoms with E-state index in [1.807, 2.05) is 13.8 Å². The third kappa shape index (κ3) is 1.64. The van der Waals surface area contributed by atoms with Crippen LogP contribution in [0.1, 0.15) is 36.8 Å². The second-order valence-corrected chi connectivity index (χ2v) is 3.53. The standard InChI is InChI=1S/C10H17N3O/c1-5-9-6(2)12-13(7(9)3)8(4)10(11)14/h8H,5H2,1-4H3,(H2,11,14)/t8-/m0/s1. The summed E-state index contributed by atoms with van der Waals surface area (Å²) in [5.74, 6) is -0.349. The second-order valence-electron chi connectivity index (χ2n) is 3.53. The predicted molar refractivity (Wildman–Crippen MR) is 55.0 cm³/mol. The van der Waals surface area contributed by atoms with Gasteiger partial charge >= 0.3 is 0 Å². The highest BCUT2D eigenvalue weighted by molar-refractivity contribution is 5.77. The van der Waals surface area contributed by atoms with Gasteiger partial charge in [-0.25, -0.2) is 0 Å². The van der Waals surface area contributed by atoms with Crippen molar-refractivity contribution in [3.05, 3.63) is 17.0 Å². The zero-order valence-corrected chi connectivity index (χ0v) is 9.16. The van der Waals surface area contributed by atoms with Crippen molar-refractivity contribution in [2.75, 3.05) is 0 Å². The Bertz CT molecular complexity index is 354. The lowest BCUT2D eigenvalue weighted by molar-refractivity contribution is -0.121. The predicted octanol–water partition coefficient (Wildman–Crippen LogP) is 1.11. The third-order valence-electron chi connectivity index (χ3n) is 2.61. The van der Waals surface area contributed by atoms with Crippen LogP contribution >= 0.6 is 0 Å². The first-order valence-corrected chi connectivity index (χ1v) is 4.82. The number of rotatable bonds is 3. The molecule has 0 radical (unpaired) electrons. The Hall–Kier alpha value is -1.32. The number of carbonyl (C=O) groups excluding carboxylic acids is 1. The quantitative estimate of drug-likeness (QED) is 0.785. The molecule has 0 bridgehead atoms. The highest BCUT2D eigenvalue weighted by Gasteiger charge is 2.17. The van der Waals surface area contributed by atoms with Gasteiger partial charge < -0.3 is 5.73 Å². The molecule has 1 rings (SSSR count). The Morgan fingerprint density at radius 2 is 2.14 bits per heavy atom. The molecule has 0 spiro atoms. The first-order valence-electron chi connectivity index (χ1n) is 4.82. The van der Waals surface area contributed by atoms with Crippen LogP contribution in [0.5, 0.6) is 0 Å². The molecule has 78 valence electrons. The summed E-state index contributed by atoms with van der Waals surface area (Å²) in [6.45, 7) is 7.77. The van der Waals surface area contributed by atoms with E-state index in [4.69, 9.17) is 5.73 Å². The maximum Gasteiger partial charge on any atom is 0.242 e. The van der Waals surface area contributed by atoms with Crippen LogP contribution in [-0.4, -0.2) is 15.7 Å². The van der Waals surface area contributed by atoms with Gasteiger partial charge in [0.2, 0.25) is 5.91 Å². The molecule has 0 saturated heterocycles. The van der Waals surface area contributed by atoms with Gasteiger partial charge in [0.05, 0.1) is 5.69 Å². The van der Waals surface area contributed by atoms with Gasteiger partial charge in [0, 0.05) is 5.69 Å². The molecule has 0 saturated carbocycles. The van der Waals surface area contributed by atoms with E-state index in [1.54, 1.807) is 11.6 Å². The van der Waals surface area contributed by atoms with Crippen LogP contribution in [0.4, 0.5) is 0 Å². The summed E-state index contributed by atoms with van der Waals surface area (Å²) in [5.41, 5.74) is 8.47. The summed E-state index contributed by atoms with van der Waals surface area (Å²) < 4.78 is 1.70. The first kappa shape index (κ1) is 10.8. The Balaban J connectivity index is 3.17. The number of amides is 1. The monoisotopic (exact) mass is 195 g/mol. The van der Waals surface area contributed by atoms with E-state index >= 15 is 0 Å². The molecule has 1 amide bonds. The van der Waals surface area contributed by atoms with Gasteiger partial charge in [0.25, 0.3) is 0 Å². The maximum absolute atomic E-state index is 11.0. The van der Waals surface area contributed by atoms with Crippen LogP contribution in [0.15, 0.2) is 0 Å². The molecular formula is C10H17N3O. The number of nitrogens with two attached hydrogens (primary N) is 1. The largest absolute Gasteiger partial charge is 0.368 e. The first-order chi connectivity index (χ1) is 6.49. The average molecular weight is 195 g/mol. The van der Waals surface area contributed by atoms with Crippen molar-refractivity contribution in [3.63, 3.8) is 0 Å². The number of aromatic nitrogens is 2. The molecule has 1 heterocycles. The number of carbonyl (C=O) groups is 1. The van der Waals surface area contributed by atoms with Gasteiger partial charge in [0.15, 0.2) is 0 Å². The van der Waals surface area contributed by atoms with Crippen LogP contribution in [0.25, 0.3) is 0 Å². The summed E-state index contributed by atoms with van der Waals surface area (Å²) in [4.78, 5) is 11.0. The van der Waals surface area contributed by atoms with E-state index in [0.717, 1.165) is 17.8 Å². The smallest absolute Gasteiger partial charge is 0.242 e. The minimum atomic E-state index is -0.367. The van der Waals surface area contributed by atoms with Crippen LogP contribution in [0.3, 0.4) is 0 Å². The van der Waals surface area contributed by atoms with E-state index < -0.39 is 0 Å². The number of aryl methyl sites for hydroxylation is 1. The Morgan fingerprint density at radius 3 is 2.50 bits per heavy atom. The molecule has 4 nitrogen and oxygen atoms in total. The summed E-state index contributed by atoms with van der Waals surface area (Å²) in [6.07, 6.45) is 0.934. The zero-order valence-electron chi connectivity index (χ0n) is 9.16. The van der Waals surface area contributed by atoms with Gasteiger partial charge in [-0.3, -0.25) is 9.48 Å². The lowest BCUT2D eigenvalue weighted by Crippen LogP contribution is -2.25. The molecule has 2 N–H and O–H groups in total. The molecule has 1 aromatic heterocycles. The van der Waals surface area contributed by atoms with Crippen molar-refractivity contribution in [3.8, 4) is 0 Å². The number of nitrogens with zero attached hydrogens (tertiary/aromatic N) is 2. The fourth-order valence-electron chi connectivity index (χ4n) is 1.71. The van der Waals surface area contributed by atoms with Gasteiger partial charge in [-0.15, -0.1) is 0 Å². The van der Waals surface area contributed by atoms with Crippen LogP contribution < -0.4 is 5.73 Å². The van der Waals surface area contributed by atoms with Gasteiger partial charge in [0.1, 0.15) is 6.04 Å². The summed E-state index contributed by atoms with van der Waals surface area (Å²) >= 11 is 0. The summed E-state index contributed by atoms with van der Waals surface area (Å²) in [6, 6.07) is -0.367. The Labute approximate surface area is 84.1 Å². The van der Waals surface area contributed by atoms with Crippen LogP contribution in [0.2, 0.25) is 0 Å². The van der Waals surface area contributed by atoms with Crippen molar-refractivity contribution in [2.45, 2.75) is 40.2 Å². The lowest BCUT2D eigenvalue weighted by Gasteiger charge is -2.10. The molecule has 0 fully saturated rings. The van der Waals surface area contributed by atoms with Crippen LogP contribution in [0, 0.1) is 13.8 Å². The molecular weight excluding hydrogens is 178 g/mol. The number of hydrogen-bond acceptors (Lipinski definition) is 2. The van der Waals surface area contributed by atoms with Gasteiger partial charge in [-0.2, -0.15) is 5.10 Å². The van der Waals surface area contributed by atoms with Crippen molar-refractivity contribution >= 4 is 5.91 Å². The normalized spacial score (nSPS) is 12.9. The van der Waals surface area contributed by atoms with E-state index in [0.29, 0.717) is 0 Å². The highest BCUT2D eigenvalue weighted by Crippen LogP contribution is 2.17. The van der Waals surface area contributed by atoms with E-state index in [-0.39, 0.29) is 11.9 Å². The van der Waals surface area contributed by atoms with Crippen LogP contribution in [-0.2, 0) is 11.2 Å². The molecule has 0 aliphatic heterocycles. The fourth-order valence-corrected chi connectivity index (χ4v) is 1.71. The molecule has 0 aromatic carbocycles. The maximum atomic E-state index is 11.0. The van der Waals surface area contributed by atoms with E-state index in [9.17, 15) is 4.79 Å². The minimum absolute atomic E-state index is 0.349. The Kier molecular flexibility index (Phi) is 2.93. The molecule has 1 aromatic rings. The van der Waals surface area contributed by atoms with E-state index in [2.05, 4.69) is 12.0 Å². The second kappa shape index (κ2) is 3.82. The van der Waals surface area contributed by atoms with Crippen molar-refractivity contribution in [2.24, 2.45) is 5.73 Å². The fraction of sp³-hybridized carbons (Fsp3) is 0.600.